The molecule has 14 heavy (non-hydrogen) atoms. The maximum absolute atomic E-state index is 5.51. The van der Waals surface area contributed by atoms with Crippen LogP contribution in [0.2, 0.25) is 0 Å². The predicted molar refractivity (Wildman–Crippen MR) is 60.4 cm³/mol. The minimum atomic E-state index is 0.677. The number of rotatable bonds is 2. The molecule has 0 saturated carbocycles. The fourth-order valence-electron chi connectivity index (χ4n) is 1.49. The summed E-state index contributed by atoms with van der Waals surface area (Å²) in [4.78, 5) is 4.40. The van der Waals surface area contributed by atoms with Crippen molar-refractivity contribution in [2.45, 2.75) is 13.3 Å². The Kier molecular flexibility index (Phi) is 2.56. The van der Waals surface area contributed by atoms with Gasteiger partial charge in [0.1, 0.15) is 10.3 Å². The average Bonchev–Trinajstić information content (AvgIpc) is 2.45. The van der Waals surface area contributed by atoms with Gasteiger partial charge in [-0.3, -0.25) is 4.40 Å². The van der Waals surface area contributed by atoms with Crippen LogP contribution in [0.4, 0.5) is 0 Å². The van der Waals surface area contributed by atoms with Gasteiger partial charge in [0.05, 0.1) is 5.69 Å². The van der Waals surface area contributed by atoms with Crippen LogP contribution in [0.5, 0.6) is 0 Å². The molecule has 0 bridgehead atoms. The van der Waals surface area contributed by atoms with E-state index in [-0.39, 0.29) is 0 Å². The number of halogens is 1. The van der Waals surface area contributed by atoms with Gasteiger partial charge >= 0.3 is 0 Å². The molecule has 2 heterocycles. The number of fused-ring (bicyclic) bond motifs is 1. The summed E-state index contributed by atoms with van der Waals surface area (Å²) in [6, 6.07) is 4.09. The zero-order chi connectivity index (χ0) is 10.1. The van der Waals surface area contributed by atoms with Gasteiger partial charge in [-0.1, -0.05) is 6.07 Å². The molecule has 0 amide bonds. The van der Waals surface area contributed by atoms with E-state index in [1.807, 2.05) is 17.4 Å². The van der Waals surface area contributed by atoms with Crippen LogP contribution in [-0.2, 0) is 6.42 Å². The van der Waals surface area contributed by atoms with E-state index < -0.39 is 0 Å². The topological polar surface area (TPSA) is 43.3 Å². The molecule has 2 aromatic heterocycles. The Bertz CT molecular complexity index is 462. The number of pyridine rings is 1. The van der Waals surface area contributed by atoms with Crippen LogP contribution in [0.25, 0.3) is 5.65 Å². The summed E-state index contributed by atoms with van der Waals surface area (Å²) in [6.07, 6.45) is 2.98. The fraction of sp³-hybridized carbons (Fsp3) is 0.300. The molecular formula is C10H12BrN3. The molecule has 0 fully saturated rings. The number of nitrogens with zero attached hydrogens (tertiary/aromatic N) is 2. The Hall–Kier alpha value is -0.870. The molecule has 2 rings (SSSR count). The van der Waals surface area contributed by atoms with Crippen molar-refractivity contribution in [2.24, 2.45) is 5.73 Å². The van der Waals surface area contributed by atoms with Gasteiger partial charge in [-0.25, -0.2) is 4.98 Å². The van der Waals surface area contributed by atoms with E-state index in [0.717, 1.165) is 22.4 Å². The summed E-state index contributed by atoms with van der Waals surface area (Å²) in [5.74, 6) is 0. The second kappa shape index (κ2) is 3.71. The first-order chi connectivity index (χ1) is 6.72. The highest BCUT2D eigenvalue weighted by Crippen LogP contribution is 2.18. The second-order valence-corrected chi connectivity index (χ2v) is 4.04. The minimum absolute atomic E-state index is 0.677. The summed E-state index contributed by atoms with van der Waals surface area (Å²) >= 11 is 3.51. The summed E-state index contributed by atoms with van der Waals surface area (Å²) < 4.78 is 3.06. The van der Waals surface area contributed by atoms with Crippen LogP contribution in [-0.4, -0.2) is 15.9 Å². The minimum Gasteiger partial charge on any atom is -0.330 e. The van der Waals surface area contributed by atoms with Crippen molar-refractivity contribution >= 4 is 21.6 Å². The highest BCUT2D eigenvalue weighted by atomic mass is 79.9. The normalized spacial score (nSPS) is 11.1. The molecule has 4 heteroatoms. The number of imidazole rings is 1. The van der Waals surface area contributed by atoms with Gasteiger partial charge in [0.15, 0.2) is 0 Å². The Morgan fingerprint density at radius 3 is 3.00 bits per heavy atom. The van der Waals surface area contributed by atoms with Gasteiger partial charge in [-0.2, -0.15) is 0 Å². The van der Waals surface area contributed by atoms with Gasteiger partial charge in [0.25, 0.3) is 0 Å². The van der Waals surface area contributed by atoms with Crippen molar-refractivity contribution in [3.8, 4) is 0 Å². The van der Waals surface area contributed by atoms with Crippen LogP contribution in [0.3, 0.4) is 0 Å². The largest absolute Gasteiger partial charge is 0.330 e. The Labute approximate surface area is 91.1 Å². The lowest BCUT2D eigenvalue weighted by Crippen LogP contribution is -2.03. The summed E-state index contributed by atoms with van der Waals surface area (Å²) in [5, 5.41) is 0. The maximum atomic E-state index is 5.51. The number of aromatic nitrogens is 2. The molecular weight excluding hydrogens is 242 g/mol. The molecule has 3 nitrogen and oxygen atoms in total. The van der Waals surface area contributed by atoms with Crippen LogP contribution < -0.4 is 5.73 Å². The second-order valence-electron chi connectivity index (χ2n) is 3.29. The molecule has 2 aromatic rings. The number of nitrogens with two attached hydrogens (primary N) is 1. The lowest BCUT2D eigenvalue weighted by atomic mass is 10.2. The molecule has 0 aliphatic heterocycles. The first-order valence-electron chi connectivity index (χ1n) is 4.55. The van der Waals surface area contributed by atoms with Gasteiger partial charge in [0, 0.05) is 6.20 Å². The van der Waals surface area contributed by atoms with Gasteiger partial charge < -0.3 is 5.73 Å². The molecule has 0 saturated heterocycles. The summed E-state index contributed by atoms with van der Waals surface area (Å²) in [6.45, 7) is 2.66. The SMILES string of the molecule is Cc1nc2ccc(CCN)cn2c1Br. The summed E-state index contributed by atoms with van der Waals surface area (Å²) in [7, 11) is 0. The molecule has 0 radical (unpaired) electrons. The van der Waals surface area contributed by atoms with Crippen molar-refractivity contribution in [1.29, 1.82) is 0 Å². The zero-order valence-corrected chi connectivity index (χ0v) is 9.58. The van der Waals surface area contributed by atoms with Crippen molar-refractivity contribution in [1.82, 2.24) is 9.38 Å². The first kappa shape index (κ1) is 9.68. The smallest absolute Gasteiger partial charge is 0.137 e. The fourth-order valence-corrected chi connectivity index (χ4v) is 1.86. The van der Waals surface area contributed by atoms with E-state index in [1.165, 1.54) is 5.56 Å². The van der Waals surface area contributed by atoms with Crippen LogP contribution >= 0.6 is 15.9 Å². The van der Waals surface area contributed by atoms with Gasteiger partial charge in [0.2, 0.25) is 0 Å². The zero-order valence-electron chi connectivity index (χ0n) is 8.00. The Balaban J connectivity index is 2.58. The lowest BCUT2D eigenvalue weighted by molar-refractivity contribution is 0.948. The maximum Gasteiger partial charge on any atom is 0.137 e. The van der Waals surface area contributed by atoms with E-state index in [2.05, 4.69) is 33.2 Å². The van der Waals surface area contributed by atoms with E-state index in [4.69, 9.17) is 5.73 Å². The summed E-state index contributed by atoms with van der Waals surface area (Å²) in [5.41, 5.74) is 8.72. The van der Waals surface area contributed by atoms with Crippen molar-refractivity contribution < 1.29 is 0 Å². The van der Waals surface area contributed by atoms with Crippen molar-refractivity contribution in [3.63, 3.8) is 0 Å². The van der Waals surface area contributed by atoms with E-state index in [9.17, 15) is 0 Å². The van der Waals surface area contributed by atoms with Crippen molar-refractivity contribution in [2.75, 3.05) is 6.54 Å². The van der Waals surface area contributed by atoms with Crippen LogP contribution in [0.1, 0.15) is 11.3 Å². The number of hydrogen-bond donors (Lipinski definition) is 1. The van der Waals surface area contributed by atoms with Crippen LogP contribution in [0.15, 0.2) is 22.9 Å². The number of aryl methyl sites for hydroxylation is 1. The quantitative estimate of drug-likeness (QED) is 0.889. The van der Waals surface area contributed by atoms with E-state index >= 15 is 0 Å². The number of hydrogen-bond acceptors (Lipinski definition) is 2. The van der Waals surface area contributed by atoms with E-state index in [1.54, 1.807) is 0 Å². The third kappa shape index (κ3) is 1.55. The Morgan fingerprint density at radius 2 is 2.29 bits per heavy atom. The van der Waals surface area contributed by atoms with Gasteiger partial charge in [-0.15, -0.1) is 0 Å². The molecule has 0 aromatic carbocycles. The molecule has 0 unspecified atom stereocenters. The third-order valence-corrected chi connectivity index (χ3v) is 3.17. The first-order valence-corrected chi connectivity index (χ1v) is 5.35. The molecule has 0 atom stereocenters. The standard InChI is InChI=1S/C10H12BrN3/c1-7-10(11)14-6-8(4-5-12)2-3-9(14)13-7/h2-3,6H,4-5,12H2,1H3. The third-order valence-electron chi connectivity index (χ3n) is 2.21. The molecule has 0 aliphatic rings. The monoisotopic (exact) mass is 253 g/mol. The highest BCUT2D eigenvalue weighted by Gasteiger charge is 2.05. The highest BCUT2D eigenvalue weighted by molar-refractivity contribution is 9.10. The molecule has 0 aliphatic carbocycles. The predicted octanol–water partition coefficient (Wildman–Crippen LogP) is 1.91. The molecule has 2 N–H and O–H groups in total. The Morgan fingerprint density at radius 1 is 1.50 bits per heavy atom. The molecule has 0 spiro atoms. The van der Waals surface area contributed by atoms with Crippen LogP contribution in [0, 0.1) is 6.92 Å². The average molecular weight is 254 g/mol. The van der Waals surface area contributed by atoms with Gasteiger partial charge in [-0.05, 0) is 47.4 Å². The molecule has 74 valence electrons. The lowest BCUT2D eigenvalue weighted by Gasteiger charge is -2.00. The van der Waals surface area contributed by atoms with Crippen molar-refractivity contribution in [3.05, 3.63) is 34.2 Å². The van der Waals surface area contributed by atoms with E-state index in [0.29, 0.717) is 6.54 Å².